The van der Waals surface area contributed by atoms with Crippen molar-refractivity contribution in [3.8, 4) is 0 Å². The zero-order valence-electron chi connectivity index (χ0n) is 16.2. The molecule has 0 atom stereocenters. The van der Waals surface area contributed by atoms with Crippen LogP contribution in [0.4, 0.5) is 19.0 Å². The lowest BCUT2D eigenvalue weighted by atomic mass is 9.92. The molecule has 0 saturated heterocycles. The Morgan fingerprint density at radius 3 is 2.57 bits per heavy atom. The van der Waals surface area contributed by atoms with Gasteiger partial charge < -0.3 is 9.88 Å². The molecule has 1 aromatic carbocycles. The number of hydrogen-bond donors (Lipinski definition) is 1. The normalized spacial score (nSPS) is 11.8. The molecule has 7 heteroatoms. The number of aromatic nitrogens is 2. The zero-order valence-corrected chi connectivity index (χ0v) is 16.2. The number of nitrogens with zero attached hydrogens (tertiary/aromatic N) is 2. The lowest BCUT2D eigenvalue weighted by Gasteiger charge is -2.17. The van der Waals surface area contributed by atoms with Crippen LogP contribution in [0.2, 0.25) is 0 Å². The summed E-state index contributed by atoms with van der Waals surface area (Å²) >= 11 is 0. The average molecular weight is 389 g/mol. The topological polar surface area (TPSA) is 46.9 Å². The molecule has 1 N–H and O–H groups in total. The van der Waals surface area contributed by atoms with Crippen LogP contribution in [-0.4, -0.2) is 15.5 Å². The fourth-order valence-electron chi connectivity index (χ4n) is 3.04. The van der Waals surface area contributed by atoms with Gasteiger partial charge in [-0.15, -0.1) is 0 Å². The van der Waals surface area contributed by atoms with Gasteiger partial charge in [-0.1, -0.05) is 20.8 Å². The summed E-state index contributed by atoms with van der Waals surface area (Å²) in [6.07, 6.45) is 2.03. The van der Waals surface area contributed by atoms with Crippen molar-refractivity contribution in [3.63, 3.8) is 0 Å². The maximum atomic E-state index is 14.0. The van der Waals surface area contributed by atoms with Crippen molar-refractivity contribution in [3.05, 3.63) is 59.0 Å². The van der Waals surface area contributed by atoms with Gasteiger partial charge in [-0.05, 0) is 36.1 Å². The molecule has 0 fully saturated rings. The smallest absolute Gasteiger partial charge is 0.226 e. The molecular formula is C21H22F3N3O. The number of rotatable bonds is 4. The first kappa shape index (κ1) is 19.9. The second-order valence-electron chi connectivity index (χ2n) is 8.15. The first-order valence-electron chi connectivity index (χ1n) is 8.93. The van der Waals surface area contributed by atoms with E-state index in [0.29, 0.717) is 29.3 Å². The van der Waals surface area contributed by atoms with Crippen LogP contribution in [0.3, 0.4) is 0 Å². The Morgan fingerprint density at radius 1 is 1.18 bits per heavy atom. The molecule has 0 aliphatic heterocycles. The molecule has 3 aromatic rings. The maximum absolute atomic E-state index is 14.0. The van der Waals surface area contributed by atoms with Gasteiger partial charge in [-0.3, -0.25) is 4.79 Å². The Balaban J connectivity index is 1.90. The van der Waals surface area contributed by atoms with Crippen LogP contribution >= 0.6 is 0 Å². The van der Waals surface area contributed by atoms with E-state index in [4.69, 9.17) is 0 Å². The molecule has 0 aliphatic carbocycles. The van der Waals surface area contributed by atoms with Crippen LogP contribution in [0.5, 0.6) is 0 Å². The predicted octanol–water partition coefficient (Wildman–Crippen LogP) is 5.19. The van der Waals surface area contributed by atoms with E-state index in [1.807, 2.05) is 26.8 Å². The van der Waals surface area contributed by atoms with Gasteiger partial charge in [0.05, 0.1) is 17.6 Å². The van der Waals surface area contributed by atoms with Crippen molar-refractivity contribution >= 4 is 22.8 Å². The number of halogens is 3. The minimum atomic E-state index is -1.22. The minimum absolute atomic E-state index is 0.0408. The van der Waals surface area contributed by atoms with Crippen molar-refractivity contribution in [2.24, 2.45) is 5.41 Å². The Morgan fingerprint density at radius 2 is 1.89 bits per heavy atom. The highest BCUT2D eigenvalue weighted by Crippen LogP contribution is 2.25. The molecule has 0 unspecified atom stereocenters. The molecule has 0 bridgehead atoms. The third-order valence-corrected chi connectivity index (χ3v) is 4.30. The fraction of sp³-hybridized carbons (Fsp3) is 0.333. The number of amides is 1. The summed E-state index contributed by atoms with van der Waals surface area (Å²) in [5, 5.41) is 2.82. The quantitative estimate of drug-likeness (QED) is 0.625. The van der Waals surface area contributed by atoms with Gasteiger partial charge in [-0.25, -0.2) is 18.2 Å². The van der Waals surface area contributed by atoms with E-state index >= 15 is 0 Å². The molecule has 4 nitrogen and oxygen atoms in total. The van der Waals surface area contributed by atoms with Gasteiger partial charge >= 0.3 is 0 Å². The molecule has 0 spiro atoms. The van der Waals surface area contributed by atoms with Gasteiger partial charge in [0.25, 0.3) is 0 Å². The summed E-state index contributed by atoms with van der Waals surface area (Å²) in [5.74, 6) is -2.78. The van der Waals surface area contributed by atoms with Crippen molar-refractivity contribution in [1.29, 1.82) is 0 Å². The summed E-state index contributed by atoms with van der Waals surface area (Å²) in [5.41, 5.74) is 1.77. The van der Waals surface area contributed by atoms with E-state index in [9.17, 15) is 18.0 Å². The Kier molecular flexibility index (Phi) is 5.19. The molecule has 148 valence electrons. The highest BCUT2D eigenvalue weighted by molar-refractivity contribution is 5.92. The highest BCUT2D eigenvalue weighted by atomic mass is 19.2. The molecule has 3 rings (SSSR count). The number of nitrogens with one attached hydrogen (secondary N) is 1. The summed E-state index contributed by atoms with van der Waals surface area (Å²) in [6, 6.07) is 5.01. The number of hydrogen-bond acceptors (Lipinski definition) is 2. The molecule has 2 aromatic heterocycles. The van der Waals surface area contributed by atoms with Crippen molar-refractivity contribution in [2.75, 3.05) is 5.32 Å². The summed E-state index contributed by atoms with van der Waals surface area (Å²) in [7, 11) is 0. The monoisotopic (exact) mass is 389 g/mol. The molecule has 1 amide bonds. The van der Waals surface area contributed by atoms with Crippen LogP contribution < -0.4 is 5.32 Å². The zero-order chi connectivity index (χ0) is 20.6. The van der Waals surface area contributed by atoms with Crippen LogP contribution in [0.1, 0.15) is 38.3 Å². The number of carbonyl (C=O) groups is 1. The van der Waals surface area contributed by atoms with Crippen molar-refractivity contribution in [2.45, 2.75) is 40.7 Å². The van der Waals surface area contributed by atoms with Gasteiger partial charge in [0.15, 0.2) is 11.6 Å². The number of anilines is 1. The van der Waals surface area contributed by atoms with Crippen LogP contribution in [0.25, 0.3) is 11.0 Å². The predicted molar refractivity (Wildman–Crippen MR) is 103 cm³/mol. The van der Waals surface area contributed by atoms with Gasteiger partial charge in [0, 0.05) is 24.2 Å². The van der Waals surface area contributed by atoms with E-state index in [-0.39, 0.29) is 23.4 Å². The Bertz CT molecular complexity index is 1050. The number of carbonyl (C=O) groups excluding carboxylic acids is 1. The average Bonchev–Trinajstić information content (AvgIpc) is 2.92. The lowest BCUT2D eigenvalue weighted by Crippen LogP contribution is -2.20. The number of benzene rings is 1. The highest BCUT2D eigenvalue weighted by Gasteiger charge is 2.18. The van der Waals surface area contributed by atoms with Gasteiger partial charge in [0.1, 0.15) is 11.6 Å². The fourth-order valence-corrected chi connectivity index (χ4v) is 3.04. The molecule has 0 aliphatic rings. The molecule has 2 heterocycles. The van der Waals surface area contributed by atoms with Gasteiger partial charge in [0.2, 0.25) is 5.91 Å². The van der Waals surface area contributed by atoms with E-state index in [2.05, 4.69) is 10.3 Å². The Hall–Kier alpha value is -2.83. The summed E-state index contributed by atoms with van der Waals surface area (Å²) < 4.78 is 42.5. The number of aryl methyl sites for hydroxylation is 1. The maximum Gasteiger partial charge on any atom is 0.226 e. The van der Waals surface area contributed by atoms with Crippen molar-refractivity contribution in [1.82, 2.24) is 9.55 Å². The van der Waals surface area contributed by atoms with E-state index < -0.39 is 17.5 Å². The van der Waals surface area contributed by atoms with Crippen LogP contribution in [-0.2, 0) is 11.3 Å². The first-order chi connectivity index (χ1) is 13.0. The lowest BCUT2D eigenvalue weighted by molar-refractivity contribution is -0.117. The Labute approximate surface area is 161 Å². The van der Waals surface area contributed by atoms with Crippen LogP contribution in [0.15, 0.2) is 30.5 Å². The third-order valence-electron chi connectivity index (χ3n) is 4.30. The third kappa shape index (κ3) is 4.35. The molecular weight excluding hydrogens is 367 g/mol. The SMILES string of the molecule is Cc1cc2c(ccn2Cc2cc(F)cc(F)c2F)nc1NC(=O)CC(C)(C)C. The van der Waals surface area contributed by atoms with Crippen molar-refractivity contribution < 1.29 is 18.0 Å². The minimum Gasteiger partial charge on any atom is -0.342 e. The molecule has 28 heavy (non-hydrogen) atoms. The second-order valence-corrected chi connectivity index (χ2v) is 8.15. The van der Waals surface area contributed by atoms with E-state index in [1.54, 1.807) is 23.8 Å². The van der Waals surface area contributed by atoms with Gasteiger partial charge in [-0.2, -0.15) is 0 Å². The largest absolute Gasteiger partial charge is 0.342 e. The van der Waals surface area contributed by atoms with Crippen LogP contribution in [0, 0.1) is 29.8 Å². The second kappa shape index (κ2) is 7.30. The molecule has 0 radical (unpaired) electrons. The van der Waals surface area contributed by atoms with E-state index in [1.165, 1.54) is 0 Å². The first-order valence-corrected chi connectivity index (χ1v) is 8.93. The summed E-state index contributed by atoms with van der Waals surface area (Å²) in [6.45, 7) is 7.69. The number of fused-ring (bicyclic) bond motifs is 1. The standard InChI is InChI=1S/C21H22F3N3O/c1-12-7-17-16(25-20(12)26-18(28)10-21(2,3)4)5-6-27(17)11-13-8-14(22)9-15(23)19(13)24/h5-9H,10-11H2,1-4H3,(H,25,26,28). The molecule has 0 saturated carbocycles. The van der Waals surface area contributed by atoms with E-state index in [0.717, 1.165) is 11.6 Å². The number of pyridine rings is 1. The summed E-state index contributed by atoms with van der Waals surface area (Å²) in [4.78, 5) is 16.7.